The monoisotopic (exact) mass is 204 g/mol. The summed E-state index contributed by atoms with van der Waals surface area (Å²) in [6.45, 7) is 1.22. The van der Waals surface area contributed by atoms with Crippen molar-refractivity contribution < 1.29 is 23.7 Å². The van der Waals surface area contributed by atoms with Crippen LogP contribution in [0.25, 0.3) is 0 Å². The van der Waals surface area contributed by atoms with E-state index in [9.17, 15) is 9.32 Å². The molecule has 0 amide bonds. The molecule has 1 heterocycles. The van der Waals surface area contributed by atoms with Crippen molar-refractivity contribution in [3.05, 3.63) is 0 Å². The largest absolute Gasteiger partial charge is 0.351 e. The second-order valence-corrected chi connectivity index (χ2v) is 3.78. The van der Waals surface area contributed by atoms with Crippen molar-refractivity contribution in [1.82, 2.24) is 0 Å². The average Bonchev–Trinajstić information content (AvgIpc) is 2.67. The second kappa shape index (κ2) is 3.82. The zero-order valence-electron chi connectivity index (χ0n) is 7.83. The highest BCUT2D eigenvalue weighted by molar-refractivity contribution is 5.71. The maximum atomic E-state index is 11.6. The highest BCUT2D eigenvalue weighted by atomic mass is 19.3. The van der Waals surface area contributed by atoms with Crippen LogP contribution >= 0.6 is 0 Å². The standard InChI is InChI=1S/C9H13FO4/c10-14-8(11)7-1-3-9(4-2-7)12-5-6-13-9/h7H,1-6H2. The summed E-state index contributed by atoms with van der Waals surface area (Å²) in [5, 5.41) is 0. The Bertz CT molecular complexity index is 215. The summed E-state index contributed by atoms with van der Waals surface area (Å²) >= 11 is 0. The van der Waals surface area contributed by atoms with Crippen molar-refractivity contribution in [3.8, 4) is 0 Å². The van der Waals surface area contributed by atoms with Crippen LogP contribution in [0.2, 0.25) is 0 Å². The number of hydrogen-bond donors (Lipinski definition) is 0. The molecular formula is C9H13FO4. The van der Waals surface area contributed by atoms with Gasteiger partial charge in [-0.15, -0.1) is 0 Å². The van der Waals surface area contributed by atoms with Gasteiger partial charge in [0.2, 0.25) is 0 Å². The molecule has 1 aliphatic heterocycles. The van der Waals surface area contributed by atoms with Crippen molar-refractivity contribution in [2.45, 2.75) is 31.5 Å². The normalized spacial score (nSPS) is 26.6. The van der Waals surface area contributed by atoms with Gasteiger partial charge < -0.3 is 9.47 Å². The summed E-state index contributed by atoms with van der Waals surface area (Å²) < 4.78 is 22.6. The number of halogens is 1. The van der Waals surface area contributed by atoms with Crippen molar-refractivity contribution in [1.29, 1.82) is 0 Å². The Hall–Kier alpha value is -0.680. The zero-order valence-corrected chi connectivity index (χ0v) is 7.83. The third-order valence-corrected chi connectivity index (χ3v) is 2.97. The SMILES string of the molecule is O=C(OF)C1CCC2(CC1)OCCO2. The van der Waals surface area contributed by atoms with Crippen molar-refractivity contribution in [3.63, 3.8) is 0 Å². The van der Waals surface area contributed by atoms with E-state index in [0.29, 0.717) is 38.9 Å². The molecule has 2 aliphatic rings. The molecule has 1 saturated carbocycles. The third-order valence-electron chi connectivity index (χ3n) is 2.97. The van der Waals surface area contributed by atoms with Gasteiger partial charge in [0, 0.05) is 17.4 Å². The molecule has 5 heteroatoms. The van der Waals surface area contributed by atoms with Crippen LogP contribution in [0, 0.1) is 5.92 Å². The molecule has 0 aromatic rings. The molecule has 1 saturated heterocycles. The highest BCUT2D eigenvalue weighted by Crippen LogP contribution is 2.38. The van der Waals surface area contributed by atoms with E-state index < -0.39 is 11.8 Å². The molecule has 0 unspecified atom stereocenters. The van der Waals surface area contributed by atoms with Gasteiger partial charge in [0.25, 0.3) is 0 Å². The maximum absolute atomic E-state index is 11.6. The zero-order chi connectivity index (χ0) is 10.0. The fraction of sp³-hybridized carbons (Fsp3) is 0.889. The van der Waals surface area contributed by atoms with Gasteiger partial charge >= 0.3 is 5.97 Å². The minimum atomic E-state index is -0.766. The highest BCUT2D eigenvalue weighted by Gasteiger charge is 2.42. The Morgan fingerprint density at radius 2 is 1.86 bits per heavy atom. The van der Waals surface area contributed by atoms with Crippen LogP contribution in [0.5, 0.6) is 0 Å². The van der Waals surface area contributed by atoms with Crippen LogP contribution in [0.15, 0.2) is 0 Å². The Morgan fingerprint density at radius 1 is 1.29 bits per heavy atom. The average molecular weight is 204 g/mol. The molecule has 1 aliphatic carbocycles. The van der Waals surface area contributed by atoms with Crippen molar-refractivity contribution in [2.24, 2.45) is 5.92 Å². The van der Waals surface area contributed by atoms with Gasteiger partial charge in [0.05, 0.1) is 19.1 Å². The fourth-order valence-corrected chi connectivity index (χ4v) is 2.14. The summed E-state index contributed by atoms with van der Waals surface area (Å²) in [5.74, 6) is -1.59. The smallest absolute Gasteiger partial charge is 0.348 e. The van der Waals surface area contributed by atoms with Crippen molar-refractivity contribution >= 4 is 5.97 Å². The molecule has 14 heavy (non-hydrogen) atoms. The van der Waals surface area contributed by atoms with Gasteiger partial charge in [-0.3, -0.25) is 4.94 Å². The van der Waals surface area contributed by atoms with Crippen LogP contribution in [0.1, 0.15) is 25.7 Å². The molecule has 0 aromatic carbocycles. The summed E-state index contributed by atoms with van der Waals surface area (Å²) in [7, 11) is 0. The summed E-state index contributed by atoms with van der Waals surface area (Å²) in [6, 6.07) is 0. The van der Waals surface area contributed by atoms with E-state index >= 15 is 0 Å². The first-order valence-corrected chi connectivity index (χ1v) is 4.86. The minimum absolute atomic E-state index is 0.335. The summed E-state index contributed by atoms with van der Waals surface area (Å²) in [6.07, 6.45) is 2.44. The molecule has 0 atom stereocenters. The lowest BCUT2D eigenvalue weighted by atomic mass is 9.85. The van der Waals surface area contributed by atoms with Crippen molar-refractivity contribution in [2.75, 3.05) is 13.2 Å². The second-order valence-electron chi connectivity index (χ2n) is 3.78. The molecule has 2 fully saturated rings. The fourth-order valence-electron chi connectivity index (χ4n) is 2.14. The van der Waals surface area contributed by atoms with Gasteiger partial charge in [0.1, 0.15) is 0 Å². The van der Waals surface area contributed by atoms with Gasteiger partial charge in [0.15, 0.2) is 5.79 Å². The molecule has 80 valence electrons. The van der Waals surface area contributed by atoms with Crippen LogP contribution in [-0.4, -0.2) is 25.0 Å². The van der Waals surface area contributed by atoms with Crippen LogP contribution in [0.4, 0.5) is 4.53 Å². The maximum Gasteiger partial charge on any atom is 0.351 e. The quantitative estimate of drug-likeness (QED) is 0.646. The van der Waals surface area contributed by atoms with E-state index in [-0.39, 0.29) is 5.92 Å². The molecule has 2 rings (SSSR count). The molecule has 0 radical (unpaired) electrons. The van der Waals surface area contributed by atoms with E-state index in [4.69, 9.17) is 9.47 Å². The molecule has 0 aromatic heterocycles. The number of carbonyl (C=O) groups is 1. The van der Waals surface area contributed by atoms with Crippen LogP contribution in [-0.2, 0) is 19.2 Å². The van der Waals surface area contributed by atoms with Gasteiger partial charge in [-0.1, -0.05) is 0 Å². The van der Waals surface area contributed by atoms with Gasteiger partial charge in [-0.2, -0.15) is 0 Å². The Morgan fingerprint density at radius 3 is 2.36 bits per heavy atom. The molecule has 1 spiro atoms. The lowest BCUT2D eigenvalue weighted by Gasteiger charge is -2.33. The van der Waals surface area contributed by atoms with E-state index in [1.807, 2.05) is 0 Å². The first-order valence-electron chi connectivity index (χ1n) is 4.86. The topological polar surface area (TPSA) is 44.8 Å². The lowest BCUT2D eigenvalue weighted by molar-refractivity contribution is -0.204. The first-order chi connectivity index (χ1) is 6.76. The predicted octanol–water partition coefficient (Wildman–Crippen LogP) is 1.35. The van der Waals surface area contributed by atoms with Crippen LogP contribution < -0.4 is 0 Å². The molecule has 0 N–H and O–H groups in total. The number of hydrogen-bond acceptors (Lipinski definition) is 4. The first kappa shape index (κ1) is 9.86. The Labute approximate surface area is 81.2 Å². The van der Waals surface area contributed by atoms with Crippen LogP contribution in [0.3, 0.4) is 0 Å². The lowest BCUT2D eigenvalue weighted by Crippen LogP contribution is -2.37. The summed E-state index contributed by atoms with van der Waals surface area (Å²) in [4.78, 5) is 14.1. The number of rotatable bonds is 1. The van der Waals surface area contributed by atoms with E-state index in [1.165, 1.54) is 0 Å². The Balaban J connectivity index is 1.88. The Kier molecular flexibility index (Phi) is 2.69. The van der Waals surface area contributed by atoms with E-state index in [2.05, 4.69) is 4.94 Å². The molecule has 4 nitrogen and oxygen atoms in total. The van der Waals surface area contributed by atoms with E-state index in [1.54, 1.807) is 0 Å². The minimum Gasteiger partial charge on any atom is -0.348 e. The molecular weight excluding hydrogens is 191 g/mol. The predicted molar refractivity (Wildman–Crippen MR) is 43.8 cm³/mol. The number of carbonyl (C=O) groups excluding carboxylic acids is 1. The number of ether oxygens (including phenoxy) is 2. The van der Waals surface area contributed by atoms with Gasteiger partial charge in [-0.05, 0) is 12.8 Å². The van der Waals surface area contributed by atoms with Gasteiger partial charge in [-0.25, -0.2) is 4.79 Å². The van der Waals surface area contributed by atoms with E-state index in [0.717, 1.165) is 0 Å². The third kappa shape index (κ3) is 1.74. The summed E-state index contributed by atoms with van der Waals surface area (Å²) in [5.41, 5.74) is 0. The molecule has 0 bridgehead atoms.